The first-order chi connectivity index (χ1) is 11.9. The van der Waals surface area contributed by atoms with Crippen LogP contribution in [-0.2, 0) is 9.53 Å². The molecular formula is C17H14Cl2FNO4. The molecule has 2 aromatic rings. The fourth-order valence-corrected chi connectivity index (χ4v) is 2.35. The lowest BCUT2D eigenvalue weighted by molar-refractivity contribution is -0.119. The molecule has 0 radical (unpaired) electrons. The van der Waals surface area contributed by atoms with Crippen LogP contribution in [0.2, 0.25) is 10.0 Å². The number of benzene rings is 2. The van der Waals surface area contributed by atoms with Gasteiger partial charge in [0.1, 0.15) is 11.6 Å². The third-order valence-electron chi connectivity index (χ3n) is 3.01. The molecule has 1 N–H and O–H groups in total. The summed E-state index contributed by atoms with van der Waals surface area (Å²) in [5.74, 6) is -1.62. The summed E-state index contributed by atoms with van der Waals surface area (Å²) in [7, 11) is 0. The van der Waals surface area contributed by atoms with Crippen LogP contribution in [-0.4, -0.2) is 25.1 Å². The van der Waals surface area contributed by atoms with Gasteiger partial charge in [0.2, 0.25) is 0 Å². The molecule has 0 fully saturated rings. The maximum Gasteiger partial charge on any atom is 0.340 e. The average molecular weight is 386 g/mol. The van der Waals surface area contributed by atoms with Crippen LogP contribution in [0.15, 0.2) is 36.4 Å². The first-order valence-electron chi connectivity index (χ1n) is 7.25. The number of carbonyl (C=O) groups excluding carboxylic acids is 2. The summed E-state index contributed by atoms with van der Waals surface area (Å²) >= 11 is 11.4. The van der Waals surface area contributed by atoms with Gasteiger partial charge in [-0.1, -0.05) is 23.2 Å². The van der Waals surface area contributed by atoms with Crippen molar-refractivity contribution in [2.24, 2.45) is 0 Å². The van der Waals surface area contributed by atoms with Crippen molar-refractivity contribution in [2.45, 2.75) is 6.92 Å². The quantitative estimate of drug-likeness (QED) is 0.593. The number of anilines is 1. The number of nitrogens with one attached hydrogen (secondary N) is 1. The smallest absolute Gasteiger partial charge is 0.340 e. The second-order valence-electron chi connectivity index (χ2n) is 4.83. The molecule has 0 bridgehead atoms. The van der Waals surface area contributed by atoms with Gasteiger partial charge in [-0.25, -0.2) is 9.18 Å². The van der Waals surface area contributed by atoms with Crippen molar-refractivity contribution in [2.75, 3.05) is 18.5 Å². The van der Waals surface area contributed by atoms with Gasteiger partial charge in [-0.3, -0.25) is 4.79 Å². The highest BCUT2D eigenvalue weighted by Gasteiger charge is 2.17. The molecule has 0 aliphatic carbocycles. The summed E-state index contributed by atoms with van der Waals surface area (Å²) in [4.78, 5) is 23.7. The van der Waals surface area contributed by atoms with Gasteiger partial charge >= 0.3 is 5.97 Å². The zero-order valence-corrected chi connectivity index (χ0v) is 14.7. The molecule has 25 heavy (non-hydrogen) atoms. The monoisotopic (exact) mass is 385 g/mol. The predicted octanol–water partition coefficient (Wildman–Crippen LogP) is 4.33. The Morgan fingerprint density at radius 1 is 1.12 bits per heavy atom. The highest BCUT2D eigenvalue weighted by atomic mass is 35.5. The molecule has 132 valence electrons. The molecule has 8 heteroatoms. The van der Waals surface area contributed by atoms with Crippen molar-refractivity contribution in [3.05, 3.63) is 57.8 Å². The van der Waals surface area contributed by atoms with Crippen LogP contribution in [0.5, 0.6) is 5.75 Å². The van der Waals surface area contributed by atoms with E-state index < -0.39 is 24.3 Å². The minimum atomic E-state index is -0.928. The van der Waals surface area contributed by atoms with E-state index in [-0.39, 0.29) is 15.6 Å². The molecule has 2 aromatic carbocycles. The van der Waals surface area contributed by atoms with E-state index in [9.17, 15) is 14.0 Å². The zero-order chi connectivity index (χ0) is 18.4. The van der Waals surface area contributed by atoms with Crippen LogP contribution in [0.3, 0.4) is 0 Å². The van der Waals surface area contributed by atoms with Gasteiger partial charge in [-0.05, 0) is 43.3 Å². The minimum Gasteiger partial charge on any atom is -0.494 e. The predicted molar refractivity (Wildman–Crippen MR) is 92.9 cm³/mol. The Morgan fingerprint density at radius 3 is 2.44 bits per heavy atom. The van der Waals surface area contributed by atoms with Crippen molar-refractivity contribution in [3.63, 3.8) is 0 Å². The van der Waals surface area contributed by atoms with Crippen LogP contribution in [0.25, 0.3) is 0 Å². The van der Waals surface area contributed by atoms with Gasteiger partial charge in [0, 0.05) is 5.69 Å². The molecule has 0 aliphatic rings. The molecule has 0 saturated heterocycles. The fourth-order valence-electron chi connectivity index (χ4n) is 1.89. The normalized spacial score (nSPS) is 10.2. The maximum absolute atomic E-state index is 13.4. The number of ether oxygens (including phenoxy) is 2. The SMILES string of the molecule is CCOc1ccc(NC(=O)COC(=O)c2cc(F)c(Cl)cc2Cl)cc1. The number of carbonyl (C=O) groups is 2. The number of halogens is 3. The summed E-state index contributed by atoms with van der Waals surface area (Å²) in [5, 5.41) is 2.27. The van der Waals surface area contributed by atoms with Crippen molar-refractivity contribution in [1.29, 1.82) is 0 Å². The Bertz CT molecular complexity index is 781. The van der Waals surface area contributed by atoms with Crippen LogP contribution in [0, 0.1) is 5.82 Å². The van der Waals surface area contributed by atoms with Crippen LogP contribution in [0.4, 0.5) is 10.1 Å². The summed E-state index contributed by atoms with van der Waals surface area (Å²) in [5.41, 5.74) is 0.303. The van der Waals surface area contributed by atoms with Crippen molar-refractivity contribution < 1.29 is 23.5 Å². The molecule has 0 aliphatic heterocycles. The van der Waals surface area contributed by atoms with Crippen molar-refractivity contribution >= 4 is 40.8 Å². The molecule has 0 unspecified atom stereocenters. The lowest BCUT2D eigenvalue weighted by Gasteiger charge is -2.09. The largest absolute Gasteiger partial charge is 0.494 e. The van der Waals surface area contributed by atoms with Gasteiger partial charge in [0.25, 0.3) is 5.91 Å². The topological polar surface area (TPSA) is 64.6 Å². The number of amides is 1. The Morgan fingerprint density at radius 2 is 1.80 bits per heavy atom. The fraction of sp³-hybridized carbons (Fsp3) is 0.176. The van der Waals surface area contributed by atoms with E-state index in [0.717, 1.165) is 12.1 Å². The van der Waals surface area contributed by atoms with Gasteiger partial charge in [0.05, 0.1) is 22.2 Å². The van der Waals surface area contributed by atoms with E-state index in [1.807, 2.05) is 6.92 Å². The number of esters is 1. The summed E-state index contributed by atoms with van der Waals surface area (Å²) < 4.78 is 23.5. The maximum atomic E-state index is 13.4. The summed E-state index contributed by atoms with van der Waals surface area (Å²) in [6, 6.07) is 8.64. The van der Waals surface area contributed by atoms with E-state index in [1.165, 1.54) is 0 Å². The summed E-state index contributed by atoms with van der Waals surface area (Å²) in [6.07, 6.45) is 0. The zero-order valence-electron chi connectivity index (χ0n) is 13.1. The molecule has 2 rings (SSSR count). The van der Waals surface area contributed by atoms with Gasteiger partial charge in [0.15, 0.2) is 6.61 Å². The lowest BCUT2D eigenvalue weighted by Crippen LogP contribution is -2.21. The van der Waals surface area contributed by atoms with Crippen molar-refractivity contribution in [3.8, 4) is 5.75 Å². The van der Waals surface area contributed by atoms with Crippen LogP contribution in [0.1, 0.15) is 17.3 Å². The number of rotatable bonds is 6. The van der Waals surface area contributed by atoms with E-state index in [2.05, 4.69) is 5.32 Å². The molecule has 1 amide bonds. The van der Waals surface area contributed by atoms with Crippen LogP contribution >= 0.6 is 23.2 Å². The lowest BCUT2D eigenvalue weighted by atomic mass is 10.2. The first kappa shape index (κ1) is 19.0. The molecule has 5 nitrogen and oxygen atoms in total. The highest BCUT2D eigenvalue weighted by molar-refractivity contribution is 6.36. The van der Waals surface area contributed by atoms with Crippen molar-refractivity contribution in [1.82, 2.24) is 0 Å². The molecule has 0 saturated carbocycles. The highest BCUT2D eigenvalue weighted by Crippen LogP contribution is 2.25. The van der Waals surface area contributed by atoms with E-state index in [0.29, 0.717) is 18.0 Å². The Labute approximate surface area is 153 Å². The molecule has 0 heterocycles. The minimum absolute atomic E-state index is 0.0664. The molecular weight excluding hydrogens is 372 g/mol. The van der Waals surface area contributed by atoms with Crippen LogP contribution < -0.4 is 10.1 Å². The molecule has 0 aromatic heterocycles. The third-order valence-corrected chi connectivity index (χ3v) is 3.62. The van der Waals surface area contributed by atoms with E-state index in [1.54, 1.807) is 24.3 Å². The van der Waals surface area contributed by atoms with Gasteiger partial charge < -0.3 is 14.8 Å². The Hall–Kier alpha value is -2.31. The Kier molecular flexibility index (Phi) is 6.61. The van der Waals surface area contributed by atoms with Gasteiger partial charge in [-0.15, -0.1) is 0 Å². The molecule has 0 spiro atoms. The second kappa shape index (κ2) is 8.69. The molecule has 0 atom stereocenters. The summed E-state index contributed by atoms with van der Waals surface area (Å²) in [6.45, 7) is 1.85. The first-order valence-corrected chi connectivity index (χ1v) is 8.00. The van der Waals surface area contributed by atoms with Gasteiger partial charge in [-0.2, -0.15) is 0 Å². The number of hydrogen-bond donors (Lipinski definition) is 1. The van der Waals surface area contributed by atoms with E-state index >= 15 is 0 Å². The third kappa shape index (κ3) is 5.34. The Balaban J connectivity index is 1.91. The standard InChI is InChI=1S/C17H14Cl2FNO4/c1-2-24-11-5-3-10(4-6-11)21-16(22)9-25-17(23)12-7-15(20)14(19)8-13(12)18/h3-8H,2,9H2,1H3,(H,21,22). The van der Waals surface area contributed by atoms with E-state index in [4.69, 9.17) is 32.7 Å². The average Bonchev–Trinajstić information content (AvgIpc) is 2.58. The second-order valence-corrected chi connectivity index (χ2v) is 5.64. The number of hydrogen-bond acceptors (Lipinski definition) is 4.